The van der Waals surface area contributed by atoms with Gasteiger partial charge in [0.25, 0.3) is 0 Å². The molecular weight excluding hydrogens is 258 g/mol. The molecule has 0 aliphatic rings. The van der Waals surface area contributed by atoms with E-state index in [0.29, 0.717) is 0 Å². The molecule has 2 aromatic heterocycles. The predicted molar refractivity (Wildman–Crippen MR) is 74.0 cm³/mol. The highest BCUT2D eigenvalue weighted by atomic mass is 35.5. The van der Waals surface area contributed by atoms with Crippen molar-refractivity contribution < 1.29 is 0 Å². The molecule has 0 aromatic carbocycles. The van der Waals surface area contributed by atoms with Crippen molar-refractivity contribution >= 4 is 34.3 Å². The first kappa shape index (κ1) is 12.1. The molecule has 86 valence electrons. The van der Waals surface area contributed by atoms with Gasteiger partial charge in [0, 0.05) is 14.6 Å². The van der Waals surface area contributed by atoms with Gasteiger partial charge in [-0.1, -0.05) is 11.6 Å². The van der Waals surface area contributed by atoms with E-state index < -0.39 is 0 Å². The van der Waals surface area contributed by atoms with E-state index >= 15 is 0 Å². The molecule has 0 radical (unpaired) electrons. The van der Waals surface area contributed by atoms with E-state index in [1.807, 2.05) is 29.8 Å². The zero-order valence-corrected chi connectivity index (χ0v) is 11.9. The average Bonchev–Trinajstić information content (AvgIpc) is 2.77. The fourth-order valence-corrected chi connectivity index (χ4v) is 4.35. The second-order valence-corrected chi connectivity index (χ2v) is 6.40. The maximum atomic E-state index is 6.20. The molecule has 0 saturated carbocycles. The second-order valence-electron chi connectivity index (χ2n) is 3.76. The summed E-state index contributed by atoms with van der Waals surface area (Å²) in [6.45, 7) is 4.30. The first-order valence-corrected chi connectivity index (χ1v) is 7.18. The number of aryl methyl sites for hydroxylation is 2. The molecule has 1 nitrogen and oxygen atoms in total. The molecule has 1 atom stereocenters. The van der Waals surface area contributed by atoms with Crippen LogP contribution in [0, 0.1) is 13.8 Å². The second kappa shape index (κ2) is 4.88. The van der Waals surface area contributed by atoms with E-state index in [9.17, 15) is 0 Å². The highest BCUT2D eigenvalue weighted by molar-refractivity contribution is 7.13. The number of hydrogen-bond acceptors (Lipinski definition) is 3. The van der Waals surface area contributed by atoms with Crippen LogP contribution in [0.25, 0.3) is 0 Å². The van der Waals surface area contributed by atoms with Gasteiger partial charge in [-0.25, -0.2) is 0 Å². The van der Waals surface area contributed by atoms with E-state index in [4.69, 9.17) is 11.6 Å². The Bertz CT molecular complexity index is 487. The van der Waals surface area contributed by atoms with Gasteiger partial charge in [0.15, 0.2) is 0 Å². The lowest BCUT2D eigenvalue weighted by molar-refractivity contribution is 0.713. The topological polar surface area (TPSA) is 12.0 Å². The monoisotopic (exact) mass is 271 g/mol. The van der Waals surface area contributed by atoms with Crippen molar-refractivity contribution in [2.75, 3.05) is 7.05 Å². The van der Waals surface area contributed by atoms with Crippen molar-refractivity contribution in [2.24, 2.45) is 0 Å². The summed E-state index contributed by atoms with van der Waals surface area (Å²) in [4.78, 5) is 3.92. The maximum Gasteiger partial charge on any atom is 0.0780 e. The quantitative estimate of drug-likeness (QED) is 0.873. The van der Waals surface area contributed by atoms with Crippen LogP contribution < -0.4 is 5.32 Å². The highest BCUT2D eigenvalue weighted by Crippen LogP contribution is 2.37. The van der Waals surface area contributed by atoms with E-state index in [-0.39, 0.29) is 6.04 Å². The van der Waals surface area contributed by atoms with Gasteiger partial charge in [-0.05, 0) is 44.0 Å². The molecule has 2 heterocycles. The van der Waals surface area contributed by atoms with Crippen LogP contribution in [0.3, 0.4) is 0 Å². The van der Waals surface area contributed by atoms with Gasteiger partial charge < -0.3 is 5.32 Å². The van der Waals surface area contributed by atoms with Crippen LogP contribution in [0.2, 0.25) is 5.02 Å². The van der Waals surface area contributed by atoms with Crippen molar-refractivity contribution in [2.45, 2.75) is 19.9 Å². The summed E-state index contributed by atoms with van der Waals surface area (Å²) in [7, 11) is 1.98. The molecule has 1 unspecified atom stereocenters. The van der Waals surface area contributed by atoms with Crippen LogP contribution in [-0.4, -0.2) is 7.05 Å². The van der Waals surface area contributed by atoms with Gasteiger partial charge in [-0.15, -0.1) is 22.7 Å². The SMILES string of the molecule is CNC(c1sc(C)cc1C)c1sccc1Cl. The average molecular weight is 272 g/mol. The van der Waals surface area contributed by atoms with Crippen molar-refractivity contribution in [1.29, 1.82) is 0 Å². The lowest BCUT2D eigenvalue weighted by atomic mass is 10.1. The van der Waals surface area contributed by atoms with Gasteiger partial charge in [0.05, 0.1) is 11.1 Å². The minimum atomic E-state index is 0.228. The van der Waals surface area contributed by atoms with Crippen molar-refractivity contribution in [3.05, 3.63) is 42.7 Å². The van der Waals surface area contributed by atoms with Crippen LogP contribution in [-0.2, 0) is 0 Å². The first-order chi connectivity index (χ1) is 7.63. The van der Waals surface area contributed by atoms with Crippen LogP contribution >= 0.6 is 34.3 Å². The molecule has 0 aliphatic carbocycles. The summed E-state index contributed by atoms with van der Waals surface area (Å²) in [5.74, 6) is 0. The molecule has 2 rings (SSSR count). The molecule has 0 amide bonds. The third kappa shape index (κ3) is 2.18. The van der Waals surface area contributed by atoms with Crippen LogP contribution in [0.5, 0.6) is 0 Å². The predicted octanol–water partition coefficient (Wildman–Crippen LogP) is 4.39. The molecule has 1 N–H and O–H groups in total. The fraction of sp³-hybridized carbons (Fsp3) is 0.333. The van der Waals surface area contributed by atoms with E-state index in [1.165, 1.54) is 20.2 Å². The van der Waals surface area contributed by atoms with Crippen LogP contribution in [0.15, 0.2) is 17.5 Å². The Kier molecular flexibility index (Phi) is 3.70. The standard InChI is InChI=1S/C12H14ClNS2/c1-7-6-8(2)16-11(7)10(14-3)12-9(13)4-5-15-12/h4-6,10,14H,1-3H3. The molecule has 0 spiro atoms. The normalized spacial score (nSPS) is 13.0. The molecule has 0 aliphatic heterocycles. The van der Waals surface area contributed by atoms with E-state index in [0.717, 1.165) is 5.02 Å². The smallest absolute Gasteiger partial charge is 0.0780 e. The summed E-state index contributed by atoms with van der Waals surface area (Å²) in [6, 6.07) is 4.42. The third-order valence-corrected chi connectivity index (χ3v) is 5.18. The van der Waals surface area contributed by atoms with Gasteiger partial charge in [0.1, 0.15) is 0 Å². The molecule has 16 heavy (non-hydrogen) atoms. The Morgan fingerprint density at radius 2 is 2.06 bits per heavy atom. The number of thiophene rings is 2. The number of hydrogen-bond donors (Lipinski definition) is 1. The van der Waals surface area contributed by atoms with Crippen molar-refractivity contribution in [3.63, 3.8) is 0 Å². The number of rotatable bonds is 3. The zero-order valence-electron chi connectivity index (χ0n) is 9.50. The Labute approximate surface area is 109 Å². The van der Waals surface area contributed by atoms with Crippen molar-refractivity contribution in [3.8, 4) is 0 Å². The van der Waals surface area contributed by atoms with Gasteiger partial charge in [0.2, 0.25) is 0 Å². The van der Waals surface area contributed by atoms with E-state index in [2.05, 4.69) is 25.2 Å². The fourth-order valence-electron chi connectivity index (χ4n) is 1.84. The Morgan fingerprint density at radius 1 is 1.31 bits per heavy atom. The lowest BCUT2D eigenvalue weighted by Crippen LogP contribution is -2.16. The number of halogens is 1. The summed E-state index contributed by atoms with van der Waals surface area (Å²) < 4.78 is 0. The largest absolute Gasteiger partial charge is 0.308 e. The maximum absolute atomic E-state index is 6.20. The van der Waals surface area contributed by atoms with E-state index in [1.54, 1.807) is 11.3 Å². The van der Waals surface area contributed by atoms with Gasteiger partial charge >= 0.3 is 0 Å². The Balaban J connectivity index is 2.44. The molecule has 0 fully saturated rings. The lowest BCUT2D eigenvalue weighted by Gasteiger charge is -2.14. The zero-order chi connectivity index (χ0) is 11.7. The minimum absolute atomic E-state index is 0.228. The first-order valence-electron chi connectivity index (χ1n) is 5.10. The number of nitrogens with one attached hydrogen (secondary N) is 1. The summed E-state index contributed by atoms with van der Waals surface area (Å²) in [5, 5.41) is 6.25. The summed E-state index contributed by atoms with van der Waals surface area (Å²) >= 11 is 9.74. The van der Waals surface area contributed by atoms with Gasteiger partial charge in [-0.3, -0.25) is 0 Å². The third-order valence-electron chi connectivity index (χ3n) is 2.54. The molecular formula is C12H14ClNS2. The Hall–Kier alpha value is -0.350. The molecule has 0 bridgehead atoms. The molecule has 4 heteroatoms. The highest BCUT2D eigenvalue weighted by Gasteiger charge is 2.20. The minimum Gasteiger partial charge on any atom is -0.308 e. The van der Waals surface area contributed by atoms with Crippen LogP contribution in [0.4, 0.5) is 0 Å². The summed E-state index contributed by atoms with van der Waals surface area (Å²) in [6.07, 6.45) is 0. The molecule has 0 saturated heterocycles. The van der Waals surface area contributed by atoms with Gasteiger partial charge in [-0.2, -0.15) is 0 Å². The molecule has 2 aromatic rings. The summed E-state index contributed by atoms with van der Waals surface area (Å²) in [5.41, 5.74) is 1.34. The Morgan fingerprint density at radius 3 is 2.50 bits per heavy atom. The van der Waals surface area contributed by atoms with Crippen LogP contribution in [0.1, 0.15) is 26.2 Å². The van der Waals surface area contributed by atoms with Crippen molar-refractivity contribution in [1.82, 2.24) is 5.32 Å².